The van der Waals surface area contributed by atoms with Gasteiger partial charge in [0.15, 0.2) is 5.78 Å². The van der Waals surface area contributed by atoms with E-state index >= 15 is 0 Å². The first-order valence-electron chi connectivity index (χ1n) is 5.69. The third kappa shape index (κ3) is 2.53. The lowest BCUT2D eigenvalue weighted by atomic mass is 9.99. The van der Waals surface area contributed by atoms with Gasteiger partial charge in [0.1, 0.15) is 6.04 Å². The number of piperidine rings is 1. The molecule has 1 atom stereocenters. The van der Waals surface area contributed by atoms with E-state index in [-0.39, 0.29) is 31.1 Å². The van der Waals surface area contributed by atoms with Crippen LogP contribution in [0.3, 0.4) is 0 Å². The fourth-order valence-electron chi connectivity index (χ4n) is 2.07. The Morgan fingerprint density at radius 2 is 1.88 bits per heavy atom. The zero-order valence-electron chi connectivity index (χ0n) is 9.50. The topological polar surface area (TPSA) is 57.6 Å². The molecule has 1 saturated heterocycles. The van der Waals surface area contributed by atoms with Crippen molar-refractivity contribution in [1.82, 2.24) is 4.90 Å². The van der Waals surface area contributed by atoms with Crippen LogP contribution in [0.2, 0.25) is 0 Å². The molecule has 1 aliphatic heterocycles. The number of aliphatic hydroxyl groups excluding tert-OH is 1. The number of carbonyl (C=O) groups is 2. The highest BCUT2D eigenvalue weighted by molar-refractivity contribution is 5.95. The monoisotopic (exact) mass is 233 g/mol. The molecule has 1 N–H and O–H groups in total. The van der Waals surface area contributed by atoms with E-state index in [2.05, 4.69) is 0 Å². The molecule has 1 heterocycles. The molecule has 1 aromatic carbocycles. The van der Waals surface area contributed by atoms with E-state index < -0.39 is 6.04 Å². The number of aliphatic hydroxyl groups is 1. The number of Topliss-reactive ketones (excluding diaryl/α,β-unsaturated/α-hetero) is 1. The maximum atomic E-state index is 11.8. The minimum atomic E-state index is -0.670. The third-order valence-electron chi connectivity index (χ3n) is 3.02. The molecule has 0 radical (unpaired) electrons. The van der Waals surface area contributed by atoms with Crippen molar-refractivity contribution in [3.63, 3.8) is 0 Å². The van der Waals surface area contributed by atoms with Gasteiger partial charge in [-0.1, -0.05) is 30.3 Å². The number of benzene rings is 1. The van der Waals surface area contributed by atoms with Crippen LogP contribution in [0.15, 0.2) is 30.3 Å². The molecule has 0 bridgehead atoms. The van der Waals surface area contributed by atoms with Gasteiger partial charge < -0.3 is 10.0 Å². The first-order valence-corrected chi connectivity index (χ1v) is 5.69. The zero-order chi connectivity index (χ0) is 12.3. The average Bonchev–Trinajstić information content (AvgIpc) is 2.35. The number of hydrogen-bond donors (Lipinski definition) is 1. The number of amides is 1. The Morgan fingerprint density at radius 3 is 2.53 bits per heavy atom. The fourth-order valence-corrected chi connectivity index (χ4v) is 2.07. The van der Waals surface area contributed by atoms with Crippen LogP contribution in [0.4, 0.5) is 0 Å². The van der Waals surface area contributed by atoms with Crippen LogP contribution in [0.5, 0.6) is 0 Å². The molecule has 0 unspecified atom stereocenters. The van der Waals surface area contributed by atoms with Gasteiger partial charge in [-0.25, -0.2) is 0 Å². The van der Waals surface area contributed by atoms with Crippen molar-refractivity contribution in [3.8, 4) is 0 Å². The number of hydrogen-bond acceptors (Lipinski definition) is 3. The second kappa shape index (κ2) is 5.10. The summed E-state index contributed by atoms with van der Waals surface area (Å²) >= 11 is 0. The summed E-state index contributed by atoms with van der Waals surface area (Å²) in [5.41, 5.74) is 0.967. The van der Waals surface area contributed by atoms with Crippen molar-refractivity contribution in [1.29, 1.82) is 0 Å². The average molecular weight is 233 g/mol. The predicted octanol–water partition coefficient (Wildman–Crippen LogP) is 0.739. The standard InChI is InChI=1S/C13H15NO3/c15-9-11-12(16)6-7-13(17)14(11)8-10-4-2-1-3-5-10/h1-5,11,15H,6-9H2/t11-/m0/s1. The van der Waals surface area contributed by atoms with Crippen LogP contribution in [0.25, 0.3) is 0 Å². The van der Waals surface area contributed by atoms with E-state index in [1.54, 1.807) is 0 Å². The minimum Gasteiger partial charge on any atom is -0.394 e. The third-order valence-corrected chi connectivity index (χ3v) is 3.02. The van der Waals surface area contributed by atoms with Crippen molar-refractivity contribution < 1.29 is 14.7 Å². The number of rotatable bonds is 3. The van der Waals surface area contributed by atoms with Crippen LogP contribution in [0, 0.1) is 0 Å². The van der Waals surface area contributed by atoms with Crippen LogP contribution in [-0.2, 0) is 16.1 Å². The van der Waals surface area contributed by atoms with Gasteiger partial charge >= 0.3 is 0 Å². The smallest absolute Gasteiger partial charge is 0.224 e. The molecular weight excluding hydrogens is 218 g/mol. The van der Waals surface area contributed by atoms with E-state index in [4.69, 9.17) is 0 Å². The Hall–Kier alpha value is -1.68. The van der Waals surface area contributed by atoms with Crippen molar-refractivity contribution >= 4 is 11.7 Å². The van der Waals surface area contributed by atoms with Gasteiger partial charge in [0.25, 0.3) is 0 Å². The Balaban J connectivity index is 2.16. The van der Waals surface area contributed by atoms with Gasteiger partial charge in [0, 0.05) is 19.4 Å². The molecule has 0 saturated carbocycles. The van der Waals surface area contributed by atoms with Gasteiger partial charge in [-0.05, 0) is 5.56 Å². The zero-order valence-corrected chi connectivity index (χ0v) is 9.50. The molecule has 1 aliphatic rings. The lowest BCUT2D eigenvalue weighted by molar-refractivity contribution is -0.147. The van der Waals surface area contributed by atoms with Crippen molar-refractivity contribution in [2.24, 2.45) is 0 Å². The second-order valence-electron chi connectivity index (χ2n) is 4.17. The highest BCUT2D eigenvalue weighted by Crippen LogP contribution is 2.18. The highest BCUT2D eigenvalue weighted by atomic mass is 16.3. The Bertz CT molecular complexity index is 416. The molecule has 1 aromatic rings. The second-order valence-corrected chi connectivity index (χ2v) is 4.17. The fraction of sp³-hybridized carbons (Fsp3) is 0.385. The summed E-state index contributed by atoms with van der Waals surface area (Å²) in [5.74, 6) is -0.115. The Labute approximate surface area is 99.9 Å². The Morgan fingerprint density at radius 1 is 1.18 bits per heavy atom. The number of carbonyl (C=O) groups excluding carboxylic acids is 2. The quantitative estimate of drug-likeness (QED) is 0.837. The Kier molecular flexibility index (Phi) is 3.54. The molecule has 90 valence electrons. The highest BCUT2D eigenvalue weighted by Gasteiger charge is 2.33. The largest absolute Gasteiger partial charge is 0.394 e. The minimum absolute atomic E-state index is 0.0527. The summed E-state index contributed by atoms with van der Waals surface area (Å²) in [6.07, 6.45) is 0.498. The predicted molar refractivity (Wildman–Crippen MR) is 62.1 cm³/mol. The molecule has 17 heavy (non-hydrogen) atoms. The summed E-state index contributed by atoms with van der Waals surface area (Å²) < 4.78 is 0. The lowest BCUT2D eigenvalue weighted by Gasteiger charge is -2.33. The van der Waals surface area contributed by atoms with Gasteiger partial charge in [0.05, 0.1) is 6.61 Å². The number of ketones is 1. The van der Waals surface area contributed by atoms with Gasteiger partial charge in [0.2, 0.25) is 5.91 Å². The summed E-state index contributed by atoms with van der Waals surface area (Å²) in [6.45, 7) is 0.0913. The summed E-state index contributed by atoms with van der Waals surface area (Å²) in [6, 6.07) is 8.81. The van der Waals surface area contributed by atoms with Crippen molar-refractivity contribution in [2.75, 3.05) is 6.61 Å². The van der Waals surface area contributed by atoms with E-state index in [1.807, 2.05) is 30.3 Å². The van der Waals surface area contributed by atoms with E-state index in [0.29, 0.717) is 6.54 Å². The molecule has 0 aliphatic carbocycles. The van der Waals surface area contributed by atoms with Crippen LogP contribution in [0.1, 0.15) is 18.4 Å². The van der Waals surface area contributed by atoms with Crippen LogP contribution < -0.4 is 0 Å². The molecule has 1 amide bonds. The van der Waals surface area contributed by atoms with E-state index in [1.165, 1.54) is 4.90 Å². The van der Waals surface area contributed by atoms with E-state index in [0.717, 1.165) is 5.56 Å². The van der Waals surface area contributed by atoms with Gasteiger partial charge in [-0.15, -0.1) is 0 Å². The first kappa shape index (κ1) is 11.8. The summed E-state index contributed by atoms with van der Waals surface area (Å²) in [5, 5.41) is 9.21. The maximum Gasteiger partial charge on any atom is 0.224 e. The molecule has 0 aromatic heterocycles. The van der Waals surface area contributed by atoms with Crippen LogP contribution in [-0.4, -0.2) is 34.3 Å². The molecule has 2 rings (SSSR count). The van der Waals surface area contributed by atoms with Crippen molar-refractivity contribution in [3.05, 3.63) is 35.9 Å². The number of nitrogens with zero attached hydrogens (tertiary/aromatic N) is 1. The van der Waals surface area contributed by atoms with E-state index in [9.17, 15) is 14.7 Å². The van der Waals surface area contributed by atoms with Gasteiger partial charge in [-0.2, -0.15) is 0 Å². The summed E-state index contributed by atoms with van der Waals surface area (Å²) in [4.78, 5) is 24.9. The van der Waals surface area contributed by atoms with Gasteiger partial charge in [-0.3, -0.25) is 9.59 Å². The SMILES string of the molecule is O=C1CCC(=O)N(Cc2ccccc2)[C@H]1CO. The maximum absolute atomic E-state index is 11.8. The number of likely N-dealkylation sites (tertiary alicyclic amines) is 1. The molecule has 4 heteroatoms. The normalized spacial score (nSPS) is 20.8. The molecule has 4 nitrogen and oxygen atoms in total. The van der Waals surface area contributed by atoms with Crippen LogP contribution >= 0.6 is 0 Å². The molecule has 1 fully saturated rings. The summed E-state index contributed by atoms with van der Waals surface area (Å²) in [7, 11) is 0. The van der Waals surface area contributed by atoms with Crippen molar-refractivity contribution in [2.45, 2.75) is 25.4 Å². The first-order chi connectivity index (χ1) is 8.22. The molecular formula is C13H15NO3. The lowest BCUT2D eigenvalue weighted by Crippen LogP contribution is -2.50. The molecule has 0 spiro atoms.